The lowest BCUT2D eigenvalue weighted by Gasteiger charge is -2.10. The molecule has 4 nitrogen and oxygen atoms in total. The largest absolute Gasteiger partial charge is 0.368 e. The number of nitrogens with one attached hydrogen (secondary N) is 2. The number of hydrogen-bond donors (Lipinski definition) is 2. The number of benzene rings is 3. The van der Waals surface area contributed by atoms with Gasteiger partial charge in [-0.05, 0) is 54.9 Å². The number of nitrogens with zero attached hydrogens (tertiary/aromatic N) is 2. The van der Waals surface area contributed by atoms with Gasteiger partial charge in [0, 0.05) is 24.2 Å². The topological polar surface area (TPSA) is 48.8 Å². The Labute approximate surface area is 221 Å². The lowest BCUT2D eigenvalue weighted by atomic mass is 9.96. The highest BCUT2D eigenvalue weighted by Gasteiger charge is 2.09. The number of hydrogen-bond acceptors (Lipinski definition) is 4. The van der Waals surface area contributed by atoms with Gasteiger partial charge in [-0.25, -0.2) is 0 Å². The molecule has 0 aromatic heterocycles. The van der Waals surface area contributed by atoms with Crippen molar-refractivity contribution >= 4 is 36.5 Å². The lowest BCUT2D eigenvalue weighted by molar-refractivity contribution is 0.926. The fourth-order valence-corrected chi connectivity index (χ4v) is 4.66. The van der Waals surface area contributed by atoms with Gasteiger partial charge in [-0.2, -0.15) is 0 Å². The molecule has 0 fully saturated rings. The average molecular weight is 510 g/mol. The van der Waals surface area contributed by atoms with E-state index in [9.17, 15) is 0 Å². The van der Waals surface area contributed by atoms with Crippen molar-refractivity contribution in [3.05, 3.63) is 106 Å². The predicted molar refractivity (Wildman–Crippen MR) is 152 cm³/mol. The molecule has 5 rings (SSSR count). The molecular formula is C29H34Cl2N4. The molecule has 35 heavy (non-hydrogen) atoms. The summed E-state index contributed by atoms with van der Waals surface area (Å²) in [5.41, 5.74) is 9.34. The summed E-state index contributed by atoms with van der Waals surface area (Å²) in [7, 11) is 0. The van der Waals surface area contributed by atoms with Crippen LogP contribution in [0.4, 0.5) is 0 Å². The zero-order valence-corrected chi connectivity index (χ0v) is 21.9. The minimum absolute atomic E-state index is 0. The summed E-state index contributed by atoms with van der Waals surface area (Å²) < 4.78 is 0. The standard InChI is InChI=1S/C29H32N4.2ClH/c1-21-18-24(4-2-22-6-10-26(11-7-22)28-30-14-15-31-28)20-25(19-21)5-3-23-8-12-27(13-9-23)29-32-16-17-33-29;;/h6-13,18-20H,2-5,14-17H2,1H3,(H,30,31)(H,32,33);2*1H. The molecule has 0 unspecified atom stereocenters. The SMILES string of the molecule is Cc1cc(CCc2ccc(C3=NCCN3)cc2)cc(CCc2ccc(C3=NCCN3)cc2)c1.Cl.Cl. The first-order valence-electron chi connectivity index (χ1n) is 12.1. The van der Waals surface area contributed by atoms with Crippen LogP contribution in [0.2, 0.25) is 0 Å². The third-order valence-corrected chi connectivity index (χ3v) is 6.40. The summed E-state index contributed by atoms with van der Waals surface area (Å²) in [6, 6.07) is 24.8. The van der Waals surface area contributed by atoms with Gasteiger partial charge in [0.2, 0.25) is 0 Å². The van der Waals surface area contributed by atoms with Gasteiger partial charge < -0.3 is 10.6 Å². The molecule has 2 N–H and O–H groups in total. The fraction of sp³-hybridized carbons (Fsp3) is 0.310. The summed E-state index contributed by atoms with van der Waals surface area (Å²) in [6.45, 7) is 5.87. The van der Waals surface area contributed by atoms with Crippen molar-refractivity contribution in [2.24, 2.45) is 9.98 Å². The highest BCUT2D eigenvalue weighted by molar-refractivity contribution is 6.00. The maximum Gasteiger partial charge on any atom is 0.128 e. The number of amidine groups is 2. The van der Waals surface area contributed by atoms with Crippen molar-refractivity contribution in [1.29, 1.82) is 0 Å². The molecule has 3 aromatic rings. The summed E-state index contributed by atoms with van der Waals surface area (Å²) in [5, 5.41) is 6.69. The third kappa shape index (κ3) is 7.09. The summed E-state index contributed by atoms with van der Waals surface area (Å²) in [6.07, 6.45) is 4.25. The molecule has 2 heterocycles. The van der Waals surface area contributed by atoms with Crippen molar-refractivity contribution < 1.29 is 0 Å². The van der Waals surface area contributed by atoms with Crippen molar-refractivity contribution in [3.8, 4) is 0 Å². The first-order valence-corrected chi connectivity index (χ1v) is 12.1. The normalized spacial score (nSPS) is 14.2. The van der Waals surface area contributed by atoms with E-state index in [0.29, 0.717) is 0 Å². The molecule has 2 aliphatic rings. The minimum Gasteiger partial charge on any atom is -0.368 e. The average Bonchev–Trinajstić information content (AvgIpc) is 3.57. The summed E-state index contributed by atoms with van der Waals surface area (Å²) in [5.74, 6) is 2.06. The highest BCUT2D eigenvalue weighted by Crippen LogP contribution is 2.17. The highest BCUT2D eigenvalue weighted by atomic mass is 35.5. The van der Waals surface area contributed by atoms with E-state index in [1.165, 1.54) is 38.9 Å². The van der Waals surface area contributed by atoms with Gasteiger partial charge >= 0.3 is 0 Å². The van der Waals surface area contributed by atoms with Gasteiger partial charge in [-0.15, -0.1) is 24.8 Å². The van der Waals surface area contributed by atoms with Crippen LogP contribution in [0, 0.1) is 6.92 Å². The van der Waals surface area contributed by atoms with Crippen molar-refractivity contribution in [2.75, 3.05) is 26.2 Å². The van der Waals surface area contributed by atoms with Crippen LogP contribution in [0.15, 0.2) is 76.7 Å². The van der Waals surface area contributed by atoms with Gasteiger partial charge in [0.25, 0.3) is 0 Å². The third-order valence-electron chi connectivity index (χ3n) is 6.40. The molecule has 2 aliphatic heterocycles. The maximum absolute atomic E-state index is 4.51. The van der Waals surface area contributed by atoms with E-state index in [4.69, 9.17) is 0 Å². The Morgan fingerprint density at radius 1 is 0.571 bits per heavy atom. The van der Waals surface area contributed by atoms with Gasteiger partial charge in [0.15, 0.2) is 0 Å². The molecule has 3 aromatic carbocycles. The first kappa shape index (κ1) is 26.8. The molecule has 0 atom stereocenters. The second-order valence-electron chi connectivity index (χ2n) is 9.03. The van der Waals surface area contributed by atoms with E-state index < -0.39 is 0 Å². The molecule has 0 bridgehead atoms. The van der Waals surface area contributed by atoms with Crippen LogP contribution < -0.4 is 10.6 Å². The van der Waals surface area contributed by atoms with E-state index in [1.807, 2.05) is 0 Å². The smallest absolute Gasteiger partial charge is 0.128 e. The molecule has 0 saturated heterocycles. The van der Waals surface area contributed by atoms with Crippen molar-refractivity contribution in [3.63, 3.8) is 0 Å². The number of rotatable bonds is 8. The number of aryl methyl sites for hydroxylation is 5. The fourth-order valence-electron chi connectivity index (χ4n) is 4.66. The molecule has 0 aliphatic carbocycles. The molecule has 0 amide bonds. The van der Waals surface area contributed by atoms with Crippen LogP contribution in [0.1, 0.15) is 38.9 Å². The molecule has 184 valence electrons. The van der Waals surface area contributed by atoms with Gasteiger partial charge in [0.05, 0.1) is 13.1 Å². The van der Waals surface area contributed by atoms with Crippen LogP contribution in [0.25, 0.3) is 0 Å². The minimum atomic E-state index is 0. The van der Waals surface area contributed by atoms with Crippen molar-refractivity contribution in [2.45, 2.75) is 32.6 Å². The van der Waals surface area contributed by atoms with Crippen LogP contribution in [-0.4, -0.2) is 37.9 Å². The van der Waals surface area contributed by atoms with E-state index in [-0.39, 0.29) is 24.8 Å². The maximum atomic E-state index is 4.51. The van der Waals surface area contributed by atoms with E-state index in [1.54, 1.807) is 0 Å². The van der Waals surface area contributed by atoms with E-state index in [2.05, 4.69) is 94.3 Å². The molecule has 0 spiro atoms. The first-order chi connectivity index (χ1) is 16.2. The van der Waals surface area contributed by atoms with Gasteiger partial charge in [-0.3, -0.25) is 9.98 Å². The lowest BCUT2D eigenvalue weighted by Crippen LogP contribution is -2.19. The Morgan fingerprint density at radius 3 is 1.34 bits per heavy atom. The van der Waals surface area contributed by atoms with E-state index >= 15 is 0 Å². The Hall–Kier alpha value is -2.82. The van der Waals surface area contributed by atoms with Crippen LogP contribution >= 0.6 is 24.8 Å². The van der Waals surface area contributed by atoms with Crippen LogP contribution in [0.3, 0.4) is 0 Å². The number of aliphatic imine (C=N–C) groups is 2. The predicted octanol–water partition coefficient (Wildman–Crippen LogP) is 5.11. The molecular weight excluding hydrogens is 475 g/mol. The van der Waals surface area contributed by atoms with Gasteiger partial charge in [-0.1, -0.05) is 72.3 Å². The Morgan fingerprint density at radius 2 is 0.971 bits per heavy atom. The van der Waals surface area contributed by atoms with E-state index in [0.717, 1.165) is 63.5 Å². The Balaban J connectivity index is 0.00000171. The second kappa shape index (κ2) is 12.8. The Kier molecular flexibility index (Phi) is 9.76. The molecule has 0 saturated carbocycles. The van der Waals surface area contributed by atoms with Gasteiger partial charge in [0.1, 0.15) is 11.7 Å². The zero-order valence-electron chi connectivity index (χ0n) is 20.2. The van der Waals surface area contributed by atoms with Crippen molar-refractivity contribution in [1.82, 2.24) is 10.6 Å². The Bertz CT molecular complexity index is 1080. The van der Waals surface area contributed by atoms with Crippen LogP contribution in [0.5, 0.6) is 0 Å². The monoisotopic (exact) mass is 508 g/mol. The van der Waals surface area contributed by atoms with Crippen LogP contribution in [-0.2, 0) is 25.7 Å². The molecule has 0 radical (unpaired) electrons. The molecule has 6 heteroatoms. The summed E-state index contributed by atoms with van der Waals surface area (Å²) in [4.78, 5) is 9.02. The summed E-state index contributed by atoms with van der Waals surface area (Å²) >= 11 is 0. The zero-order chi connectivity index (χ0) is 22.5. The number of halogens is 2. The quantitative estimate of drug-likeness (QED) is 0.444. The second-order valence-corrected chi connectivity index (χ2v) is 9.03.